The van der Waals surface area contributed by atoms with Gasteiger partial charge in [0.2, 0.25) is 0 Å². The van der Waals surface area contributed by atoms with Crippen molar-refractivity contribution in [1.82, 2.24) is 4.98 Å². The zero-order valence-corrected chi connectivity index (χ0v) is 8.37. The number of pyridine rings is 1. The Balaban J connectivity index is 3.18. The van der Waals surface area contributed by atoms with Gasteiger partial charge in [0.25, 0.3) is 6.43 Å². The van der Waals surface area contributed by atoms with Gasteiger partial charge in [-0.3, -0.25) is 0 Å². The van der Waals surface area contributed by atoms with E-state index in [2.05, 4.69) is 20.9 Å². The van der Waals surface area contributed by atoms with E-state index >= 15 is 0 Å². The number of aromatic nitrogens is 1. The molecular formula is C7H5BrF2N2O2. The molecule has 0 aliphatic heterocycles. The molecule has 0 aliphatic rings. The fraction of sp³-hybridized carbons (Fsp3) is 0.286. The summed E-state index contributed by atoms with van der Waals surface area (Å²) in [6.07, 6.45) is -2.67. The van der Waals surface area contributed by atoms with Crippen molar-refractivity contribution in [2.45, 2.75) is 11.8 Å². The molecule has 4 nitrogen and oxygen atoms in total. The summed E-state index contributed by atoms with van der Waals surface area (Å²) in [4.78, 5) is 13.1. The molecule has 1 aromatic rings. The van der Waals surface area contributed by atoms with Crippen LogP contribution >= 0.6 is 15.9 Å². The fourth-order valence-corrected chi connectivity index (χ4v) is 1.36. The molecule has 1 aromatic heterocycles. The second-order valence-electron chi connectivity index (χ2n) is 2.40. The third kappa shape index (κ3) is 2.22. The van der Waals surface area contributed by atoms with Crippen LogP contribution in [0.4, 0.5) is 14.6 Å². The second-order valence-corrected chi connectivity index (χ2v) is 2.96. The molecule has 0 fully saturated rings. The van der Waals surface area contributed by atoms with Crippen LogP contribution in [-0.2, 0) is 5.33 Å². The molecule has 0 saturated carbocycles. The second kappa shape index (κ2) is 4.41. The molecule has 7 heteroatoms. The van der Waals surface area contributed by atoms with Crippen molar-refractivity contribution in [2.24, 2.45) is 0 Å². The van der Waals surface area contributed by atoms with E-state index < -0.39 is 17.2 Å². The molecule has 0 atom stereocenters. The summed E-state index contributed by atoms with van der Waals surface area (Å²) in [5.41, 5.74) is -0.290. The number of rotatable bonds is 3. The van der Waals surface area contributed by atoms with Crippen molar-refractivity contribution in [2.75, 3.05) is 0 Å². The molecular weight excluding hydrogens is 262 g/mol. The predicted octanol–water partition coefficient (Wildman–Crippen LogP) is 2.82. The third-order valence-corrected chi connectivity index (χ3v) is 2.07. The van der Waals surface area contributed by atoms with Crippen molar-refractivity contribution < 1.29 is 13.7 Å². The van der Waals surface area contributed by atoms with Crippen molar-refractivity contribution in [1.29, 1.82) is 0 Å². The minimum Gasteiger partial charge on any atom is -0.358 e. The molecule has 0 spiro atoms. The number of nitro groups is 1. The maximum Gasteiger partial charge on any atom is 0.363 e. The molecule has 1 heterocycles. The van der Waals surface area contributed by atoms with Gasteiger partial charge in [0, 0.05) is 6.07 Å². The van der Waals surface area contributed by atoms with E-state index in [-0.39, 0.29) is 16.6 Å². The van der Waals surface area contributed by atoms with E-state index in [9.17, 15) is 18.9 Å². The summed E-state index contributed by atoms with van der Waals surface area (Å²) in [7, 11) is 0. The topological polar surface area (TPSA) is 56.0 Å². The molecule has 76 valence electrons. The Morgan fingerprint density at radius 3 is 2.64 bits per heavy atom. The van der Waals surface area contributed by atoms with Crippen molar-refractivity contribution >= 4 is 21.7 Å². The van der Waals surface area contributed by atoms with Crippen LogP contribution in [0.3, 0.4) is 0 Å². The van der Waals surface area contributed by atoms with E-state index in [0.29, 0.717) is 0 Å². The van der Waals surface area contributed by atoms with Gasteiger partial charge in [0.1, 0.15) is 0 Å². The lowest BCUT2D eigenvalue weighted by molar-refractivity contribution is -0.389. The molecule has 0 aromatic carbocycles. The van der Waals surface area contributed by atoms with Crippen molar-refractivity contribution in [3.05, 3.63) is 33.5 Å². The van der Waals surface area contributed by atoms with E-state index in [1.807, 2.05) is 0 Å². The van der Waals surface area contributed by atoms with Gasteiger partial charge < -0.3 is 10.1 Å². The van der Waals surface area contributed by atoms with Crippen LogP contribution in [0.2, 0.25) is 0 Å². The molecule has 0 N–H and O–H groups in total. The van der Waals surface area contributed by atoms with E-state index in [1.54, 1.807) is 0 Å². The van der Waals surface area contributed by atoms with Gasteiger partial charge >= 0.3 is 5.82 Å². The van der Waals surface area contributed by atoms with Crippen LogP contribution < -0.4 is 0 Å². The Morgan fingerprint density at radius 2 is 2.21 bits per heavy atom. The normalized spacial score (nSPS) is 10.6. The molecule has 14 heavy (non-hydrogen) atoms. The number of hydrogen-bond donors (Lipinski definition) is 0. The number of alkyl halides is 3. The summed E-state index contributed by atoms with van der Waals surface area (Å²) >= 11 is 2.94. The molecule has 0 radical (unpaired) electrons. The average molecular weight is 267 g/mol. The summed E-state index contributed by atoms with van der Waals surface area (Å²) in [5, 5.41) is 10.4. The van der Waals surface area contributed by atoms with Gasteiger partial charge in [-0.1, -0.05) is 15.9 Å². The summed E-state index contributed by atoms with van der Waals surface area (Å²) in [5.74, 6) is -0.427. The quantitative estimate of drug-likeness (QED) is 0.480. The van der Waals surface area contributed by atoms with Crippen LogP contribution in [0.25, 0.3) is 0 Å². The molecule has 0 unspecified atom stereocenters. The monoisotopic (exact) mass is 266 g/mol. The van der Waals surface area contributed by atoms with Gasteiger partial charge in [-0.2, -0.15) is 0 Å². The zero-order valence-electron chi connectivity index (χ0n) is 6.78. The lowest BCUT2D eigenvalue weighted by Crippen LogP contribution is -2.00. The highest BCUT2D eigenvalue weighted by atomic mass is 79.9. The van der Waals surface area contributed by atoms with E-state index in [0.717, 1.165) is 12.1 Å². The first-order chi connectivity index (χ1) is 6.56. The number of halogens is 3. The van der Waals surface area contributed by atoms with Crippen LogP contribution in [0.15, 0.2) is 12.1 Å². The first-order valence-corrected chi connectivity index (χ1v) is 4.66. The van der Waals surface area contributed by atoms with E-state index in [4.69, 9.17) is 0 Å². The largest absolute Gasteiger partial charge is 0.363 e. The lowest BCUT2D eigenvalue weighted by atomic mass is 10.2. The van der Waals surface area contributed by atoms with Gasteiger partial charge in [0.05, 0.1) is 10.9 Å². The average Bonchev–Trinajstić information content (AvgIpc) is 2.16. The first-order valence-electron chi connectivity index (χ1n) is 3.54. The van der Waals surface area contributed by atoms with Gasteiger partial charge in [-0.05, 0) is 16.0 Å². The van der Waals surface area contributed by atoms with Crippen LogP contribution in [0, 0.1) is 10.1 Å². The Morgan fingerprint density at radius 1 is 1.57 bits per heavy atom. The highest BCUT2D eigenvalue weighted by Gasteiger charge is 2.20. The van der Waals surface area contributed by atoms with E-state index in [1.165, 1.54) is 0 Å². The van der Waals surface area contributed by atoms with Crippen LogP contribution in [0.5, 0.6) is 0 Å². The van der Waals surface area contributed by atoms with Gasteiger partial charge in [0.15, 0.2) is 5.69 Å². The lowest BCUT2D eigenvalue weighted by Gasteiger charge is -2.01. The van der Waals surface area contributed by atoms with Gasteiger partial charge in [-0.25, -0.2) is 8.78 Å². The number of nitrogens with zero attached hydrogens (tertiary/aromatic N) is 2. The summed E-state index contributed by atoms with van der Waals surface area (Å²) in [6.45, 7) is 0. The summed E-state index contributed by atoms with van der Waals surface area (Å²) < 4.78 is 24.6. The van der Waals surface area contributed by atoms with Gasteiger partial charge in [-0.15, -0.1) is 0 Å². The highest BCUT2D eigenvalue weighted by molar-refractivity contribution is 9.08. The maximum absolute atomic E-state index is 12.3. The third-order valence-electron chi connectivity index (χ3n) is 1.54. The molecule has 1 rings (SSSR count). The fourth-order valence-electron chi connectivity index (χ4n) is 0.908. The summed E-state index contributed by atoms with van der Waals surface area (Å²) in [6, 6.07) is 1.99. The predicted molar refractivity (Wildman–Crippen MR) is 48.5 cm³/mol. The maximum atomic E-state index is 12.3. The smallest absolute Gasteiger partial charge is 0.358 e. The Kier molecular flexibility index (Phi) is 3.45. The molecule has 0 amide bonds. The Labute approximate surface area is 86.2 Å². The molecule has 0 bridgehead atoms. The van der Waals surface area contributed by atoms with Crippen molar-refractivity contribution in [3.8, 4) is 0 Å². The first kappa shape index (κ1) is 11.0. The van der Waals surface area contributed by atoms with Crippen molar-refractivity contribution in [3.63, 3.8) is 0 Å². The SMILES string of the molecule is O=[N+]([O-])c1ccc(C(F)F)c(CBr)n1. The highest BCUT2D eigenvalue weighted by Crippen LogP contribution is 2.25. The Hall–Kier alpha value is -1.11. The zero-order chi connectivity index (χ0) is 10.7. The molecule has 0 aliphatic carbocycles. The van der Waals surface area contributed by atoms with Crippen LogP contribution in [0.1, 0.15) is 17.7 Å². The van der Waals surface area contributed by atoms with Crippen LogP contribution in [-0.4, -0.2) is 9.91 Å². The standard InChI is InChI=1S/C7H5BrF2N2O2/c8-3-5-4(7(9)10)1-2-6(11-5)12(13)14/h1-2,7H,3H2. The number of hydrogen-bond acceptors (Lipinski definition) is 3. The Bertz CT molecular complexity index is 360. The minimum atomic E-state index is -2.67. The minimum absolute atomic E-state index is 0.00537. The molecule has 0 saturated heterocycles.